The Hall–Kier alpha value is -2.07. The molecule has 4 N–H and O–H groups in total. The molecule has 1 amide bonds. The third-order valence-corrected chi connectivity index (χ3v) is 4.85. The van der Waals surface area contributed by atoms with Gasteiger partial charge in [-0.2, -0.15) is 4.57 Å². The third-order valence-electron chi connectivity index (χ3n) is 4.85. The number of aliphatic hydroxyl groups excluding tert-OH is 3. The third kappa shape index (κ3) is 3.11. The second kappa shape index (κ2) is 6.68. The van der Waals surface area contributed by atoms with Gasteiger partial charge in [0.05, 0.1) is 6.04 Å². The van der Waals surface area contributed by atoms with E-state index >= 15 is 0 Å². The van der Waals surface area contributed by atoms with Crippen LogP contribution in [0.25, 0.3) is 0 Å². The van der Waals surface area contributed by atoms with Crippen LogP contribution in [0.5, 0.6) is 0 Å². The number of rotatable bonds is 3. The second-order valence-electron chi connectivity index (χ2n) is 6.40. The van der Waals surface area contributed by atoms with E-state index in [0.717, 1.165) is 5.56 Å². The van der Waals surface area contributed by atoms with Gasteiger partial charge in [-0.05, 0) is 12.5 Å². The van der Waals surface area contributed by atoms with Gasteiger partial charge in [-0.1, -0.05) is 0 Å². The van der Waals surface area contributed by atoms with E-state index in [1.165, 1.54) is 4.57 Å². The quantitative estimate of drug-likeness (QED) is 0.478. The van der Waals surface area contributed by atoms with Gasteiger partial charge >= 0.3 is 5.97 Å². The zero-order chi connectivity index (χ0) is 18.3. The van der Waals surface area contributed by atoms with Crippen LogP contribution in [0.3, 0.4) is 0 Å². The minimum atomic E-state index is -1.73. The number of likely N-dealkylation sites (tertiary alicyclic amines) is 1. The van der Waals surface area contributed by atoms with Gasteiger partial charge in [0, 0.05) is 25.1 Å². The average molecular weight is 353 g/mol. The van der Waals surface area contributed by atoms with Gasteiger partial charge in [-0.3, -0.25) is 4.79 Å². The Kier molecular flexibility index (Phi) is 4.74. The number of aliphatic carboxylic acids is 1. The van der Waals surface area contributed by atoms with Crippen molar-refractivity contribution in [2.75, 3.05) is 7.05 Å². The van der Waals surface area contributed by atoms with Crippen molar-refractivity contribution in [3.05, 3.63) is 30.1 Å². The molecule has 0 aromatic carbocycles. The van der Waals surface area contributed by atoms with E-state index in [0.29, 0.717) is 12.8 Å². The van der Waals surface area contributed by atoms with Crippen LogP contribution in [-0.2, 0) is 14.3 Å². The molecule has 0 aliphatic carbocycles. The smallest absolute Gasteiger partial charge is 0.335 e. The number of pyridine rings is 1. The molecule has 0 unspecified atom stereocenters. The normalized spacial score (nSPS) is 35.8. The number of nitrogens with zero attached hydrogens (tertiary/aromatic N) is 2. The summed E-state index contributed by atoms with van der Waals surface area (Å²) in [7, 11) is 1.71. The molecule has 2 fully saturated rings. The fraction of sp³-hybridized carbons (Fsp3) is 0.562. The Morgan fingerprint density at radius 1 is 1.28 bits per heavy atom. The van der Waals surface area contributed by atoms with E-state index in [2.05, 4.69) is 0 Å². The Morgan fingerprint density at radius 2 is 2.00 bits per heavy atom. The van der Waals surface area contributed by atoms with Gasteiger partial charge in [0.1, 0.15) is 12.2 Å². The molecule has 6 atom stereocenters. The number of carboxylic acids is 1. The number of carboxylic acid groups (broad SMARTS) is 1. The molecule has 2 saturated heterocycles. The zero-order valence-corrected chi connectivity index (χ0v) is 13.6. The van der Waals surface area contributed by atoms with Crippen LogP contribution < -0.4 is 4.57 Å². The van der Waals surface area contributed by atoms with E-state index in [9.17, 15) is 24.9 Å². The summed E-state index contributed by atoms with van der Waals surface area (Å²) in [5.74, 6) is -1.39. The van der Waals surface area contributed by atoms with Crippen molar-refractivity contribution in [3.8, 4) is 0 Å². The Balaban J connectivity index is 1.89. The molecule has 9 nitrogen and oxygen atoms in total. The summed E-state index contributed by atoms with van der Waals surface area (Å²) >= 11 is 0. The lowest BCUT2D eigenvalue weighted by molar-refractivity contribution is -0.777. The van der Waals surface area contributed by atoms with Gasteiger partial charge < -0.3 is 30.1 Å². The lowest BCUT2D eigenvalue weighted by Crippen LogP contribution is -2.63. The summed E-state index contributed by atoms with van der Waals surface area (Å²) in [5, 5.41) is 39.0. The Morgan fingerprint density at radius 3 is 2.60 bits per heavy atom. The highest BCUT2D eigenvalue weighted by atomic mass is 16.6. The number of carbonyl (C=O) groups is 2. The van der Waals surface area contributed by atoms with Crippen molar-refractivity contribution in [2.45, 2.75) is 49.5 Å². The highest BCUT2D eigenvalue weighted by Gasteiger charge is 2.51. The molecule has 3 rings (SSSR count). The molecule has 25 heavy (non-hydrogen) atoms. The van der Waals surface area contributed by atoms with Crippen LogP contribution in [0.4, 0.5) is 0 Å². The maximum absolute atomic E-state index is 11.7. The fourth-order valence-electron chi connectivity index (χ4n) is 3.37. The highest BCUT2D eigenvalue weighted by Crippen LogP contribution is 2.31. The second-order valence-corrected chi connectivity index (χ2v) is 6.40. The van der Waals surface area contributed by atoms with Gasteiger partial charge in [-0.25, -0.2) is 4.79 Å². The molecular weight excluding hydrogens is 332 g/mol. The first kappa shape index (κ1) is 17.7. The van der Waals surface area contributed by atoms with Crippen LogP contribution in [-0.4, -0.2) is 68.7 Å². The minimum absolute atomic E-state index is 0.0406. The number of aliphatic hydroxyl groups is 3. The van der Waals surface area contributed by atoms with Crippen molar-refractivity contribution in [1.82, 2.24) is 4.90 Å². The molecule has 1 aromatic heterocycles. The number of hydrogen-bond donors (Lipinski definition) is 4. The molecule has 0 bridgehead atoms. The largest absolute Gasteiger partial charge is 0.479 e. The van der Waals surface area contributed by atoms with Crippen LogP contribution >= 0.6 is 0 Å². The summed E-state index contributed by atoms with van der Waals surface area (Å²) in [4.78, 5) is 24.6. The van der Waals surface area contributed by atoms with Crippen molar-refractivity contribution in [1.29, 1.82) is 0 Å². The van der Waals surface area contributed by atoms with Crippen LogP contribution in [0.1, 0.15) is 30.7 Å². The fourth-order valence-corrected chi connectivity index (χ4v) is 3.37. The molecular formula is C16H21N2O7+. The van der Waals surface area contributed by atoms with E-state index in [1.807, 2.05) is 6.07 Å². The Labute approximate surface area is 143 Å². The standard InChI is InChI=1S/C16H20N2O7/c1-17-9(4-5-10(17)19)8-3-2-6-18(7-8)15-13(22)11(20)12(21)14(25-15)16(23)24/h2-3,6-7,9,11-15,20-22H,4-5H2,1H3/p+1/t9-,11-,12-,13+,14-,15+/m1/s1. The van der Waals surface area contributed by atoms with Crippen LogP contribution in [0, 0.1) is 0 Å². The number of hydrogen-bond acceptors (Lipinski definition) is 6. The first-order chi connectivity index (χ1) is 11.8. The molecule has 0 spiro atoms. The number of carbonyl (C=O) groups excluding carboxylic acids is 1. The first-order valence-electron chi connectivity index (χ1n) is 8.00. The van der Waals surface area contributed by atoms with E-state index in [4.69, 9.17) is 9.84 Å². The molecule has 0 saturated carbocycles. The topological polar surface area (TPSA) is 131 Å². The molecule has 136 valence electrons. The van der Waals surface area contributed by atoms with Crippen LogP contribution in [0.2, 0.25) is 0 Å². The number of ether oxygens (including phenoxy) is 1. The first-order valence-corrected chi connectivity index (χ1v) is 8.00. The van der Waals surface area contributed by atoms with Crippen LogP contribution in [0.15, 0.2) is 24.5 Å². The van der Waals surface area contributed by atoms with Gasteiger partial charge in [0.2, 0.25) is 5.91 Å². The summed E-state index contributed by atoms with van der Waals surface area (Å²) in [5.41, 5.74) is 0.805. The van der Waals surface area contributed by atoms with Gasteiger partial charge in [0.15, 0.2) is 24.6 Å². The number of aromatic nitrogens is 1. The van der Waals surface area contributed by atoms with Crippen molar-refractivity contribution in [3.63, 3.8) is 0 Å². The predicted octanol–water partition coefficient (Wildman–Crippen LogP) is -1.67. The minimum Gasteiger partial charge on any atom is -0.479 e. The van der Waals surface area contributed by atoms with Crippen molar-refractivity contribution < 1.29 is 39.3 Å². The zero-order valence-electron chi connectivity index (χ0n) is 13.6. The van der Waals surface area contributed by atoms with Crippen molar-refractivity contribution in [2.24, 2.45) is 0 Å². The maximum Gasteiger partial charge on any atom is 0.335 e. The molecule has 0 radical (unpaired) electrons. The predicted molar refractivity (Wildman–Crippen MR) is 80.9 cm³/mol. The number of amides is 1. The van der Waals surface area contributed by atoms with E-state index < -0.39 is 36.6 Å². The maximum atomic E-state index is 11.7. The van der Waals surface area contributed by atoms with E-state index in [-0.39, 0.29) is 11.9 Å². The lowest BCUT2D eigenvalue weighted by atomic mass is 9.97. The Bertz CT molecular complexity index is 682. The van der Waals surface area contributed by atoms with E-state index in [1.54, 1.807) is 30.4 Å². The monoisotopic (exact) mass is 353 g/mol. The summed E-state index contributed by atoms with van der Waals surface area (Å²) < 4.78 is 6.76. The molecule has 2 aliphatic rings. The van der Waals surface area contributed by atoms with Crippen molar-refractivity contribution >= 4 is 11.9 Å². The summed E-state index contributed by atoms with van der Waals surface area (Å²) in [6.45, 7) is 0. The van der Waals surface area contributed by atoms with Gasteiger partial charge in [0.25, 0.3) is 6.23 Å². The molecule has 9 heteroatoms. The molecule has 1 aromatic rings. The summed E-state index contributed by atoms with van der Waals surface area (Å²) in [6.07, 6.45) is -3.41. The SMILES string of the molecule is CN1C(=O)CC[C@@H]1c1ccc[n+]([C@H]2O[C@@H](C(=O)O)[C@H](O)[C@@H](O)[C@@H]2O)c1. The molecule has 3 heterocycles. The average Bonchev–Trinajstić information content (AvgIpc) is 2.92. The summed E-state index contributed by atoms with van der Waals surface area (Å²) in [6, 6.07) is 3.40. The van der Waals surface area contributed by atoms with Gasteiger partial charge in [-0.15, -0.1) is 0 Å². The lowest BCUT2D eigenvalue weighted by Gasteiger charge is -2.35. The molecule has 2 aliphatic heterocycles. The highest BCUT2D eigenvalue weighted by molar-refractivity contribution is 5.78.